The molecule has 0 bridgehead atoms. The van der Waals surface area contributed by atoms with Crippen molar-refractivity contribution in [3.63, 3.8) is 0 Å². The lowest BCUT2D eigenvalue weighted by atomic mass is 10.2. The number of anilines is 1. The Hall–Kier alpha value is -3.37. The van der Waals surface area contributed by atoms with Crippen LogP contribution in [0.25, 0.3) is 17.1 Å². The predicted molar refractivity (Wildman–Crippen MR) is 120 cm³/mol. The van der Waals surface area contributed by atoms with Gasteiger partial charge in [0.15, 0.2) is 28.4 Å². The molecular weight excluding hydrogens is 475 g/mol. The highest BCUT2D eigenvalue weighted by molar-refractivity contribution is 8.00. The summed E-state index contributed by atoms with van der Waals surface area (Å²) >= 11 is 7.08. The molecular formula is C22H15ClF3N5OS. The predicted octanol–water partition coefficient (Wildman–Crippen LogP) is 5.52. The Morgan fingerprint density at radius 2 is 1.70 bits per heavy atom. The van der Waals surface area contributed by atoms with Gasteiger partial charge in [-0.2, -0.15) is 0 Å². The van der Waals surface area contributed by atoms with Crippen molar-refractivity contribution < 1.29 is 18.0 Å². The zero-order chi connectivity index (χ0) is 23.5. The van der Waals surface area contributed by atoms with E-state index in [9.17, 15) is 18.0 Å². The summed E-state index contributed by atoms with van der Waals surface area (Å²) < 4.78 is 42.3. The maximum absolute atomic E-state index is 13.9. The molecule has 1 N–H and O–H groups in total. The van der Waals surface area contributed by atoms with E-state index in [2.05, 4.69) is 20.5 Å². The van der Waals surface area contributed by atoms with Crippen LogP contribution in [0.2, 0.25) is 5.02 Å². The summed E-state index contributed by atoms with van der Waals surface area (Å²) in [6.07, 6.45) is 3.24. The number of nitrogens with one attached hydrogen (secondary N) is 1. The van der Waals surface area contributed by atoms with Crippen molar-refractivity contribution in [2.45, 2.75) is 17.3 Å². The van der Waals surface area contributed by atoms with E-state index >= 15 is 0 Å². The molecule has 0 radical (unpaired) electrons. The van der Waals surface area contributed by atoms with E-state index in [4.69, 9.17) is 11.6 Å². The minimum atomic E-state index is -1.66. The number of nitrogens with zero attached hydrogens (tertiary/aromatic N) is 4. The number of thioether (sulfide) groups is 1. The zero-order valence-electron chi connectivity index (χ0n) is 17.0. The summed E-state index contributed by atoms with van der Waals surface area (Å²) in [5.41, 5.74) is 1.00. The van der Waals surface area contributed by atoms with E-state index < -0.39 is 34.3 Å². The number of rotatable bonds is 6. The van der Waals surface area contributed by atoms with Crippen molar-refractivity contribution in [1.29, 1.82) is 0 Å². The Morgan fingerprint density at radius 3 is 2.39 bits per heavy atom. The fraction of sp³-hybridized carbons (Fsp3) is 0.0909. The maximum Gasteiger partial charge on any atom is 0.237 e. The van der Waals surface area contributed by atoms with E-state index in [1.54, 1.807) is 60.3 Å². The third kappa shape index (κ3) is 4.86. The van der Waals surface area contributed by atoms with Gasteiger partial charge in [-0.15, -0.1) is 10.2 Å². The van der Waals surface area contributed by atoms with Gasteiger partial charge in [-0.05, 0) is 55.5 Å². The molecule has 0 saturated heterocycles. The minimum absolute atomic E-state index is 0.387. The number of hydrogen-bond donors (Lipinski definition) is 1. The van der Waals surface area contributed by atoms with Crippen LogP contribution in [-0.4, -0.2) is 30.9 Å². The van der Waals surface area contributed by atoms with Gasteiger partial charge in [-0.25, -0.2) is 13.2 Å². The number of amides is 1. The number of carbonyl (C=O) groups excluding carboxylic acids is 1. The summed E-state index contributed by atoms with van der Waals surface area (Å²) in [7, 11) is 0. The van der Waals surface area contributed by atoms with Gasteiger partial charge in [0.1, 0.15) is 0 Å². The SMILES string of the molecule is C[C@@H](Sc1nnc(-c2ccncc2)n1-c1ccc(Cl)cc1)C(=O)Nc1ccc(F)c(F)c1F. The van der Waals surface area contributed by atoms with E-state index in [0.717, 1.165) is 29.5 Å². The summed E-state index contributed by atoms with van der Waals surface area (Å²) in [6, 6.07) is 12.2. The van der Waals surface area contributed by atoms with Crippen molar-refractivity contribution in [3.05, 3.63) is 83.4 Å². The Labute approximate surface area is 195 Å². The number of pyridine rings is 1. The molecule has 168 valence electrons. The Kier molecular flexibility index (Phi) is 6.66. The lowest BCUT2D eigenvalue weighted by Crippen LogP contribution is -2.23. The quantitative estimate of drug-likeness (QED) is 0.285. The Morgan fingerprint density at radius 1 is 1.00 bits per heavy atom. The van der Waals surface area contributed by atoms with Crippen LogP contribution in [-0.2, 0) is 4.79 Å². The molecule has 11 heteroatoms. The van der Waals surface area contributed by atoms with Crippen molar-refractivity contribution in [3.8, 4) is 17.1 Å². The molecule has 2 heterocycles. The van der Waals surface area contributed by atoms with Crippen LogP contribution in [0, 0.1) is 17.5 Å². The Balaban J connectivity index is 1.64. The van der Waals surface area contributed by atoms with Crippen LogP contribution in [0.15, 0.2) is 66.1 Å². The number of aromatic nitrogens is 4. The lowest BCUT2D eigenvalue weighted by molar-refractivity contribution is -0.115. The first-order chi connectivity index (χ1) is 15.8. The third-order valence-electron chi connectivity index (χ3n) is 4.60. The van der Waals surface area contributed by atoms with Gasteiger partial charge in [0, 0.05) is 28.7 Å². The first kappa shape index (κ1) is 22.8. The third-order valence-corrected chi connectivity index (χ3v) is 5.90. The molecule has 0 aliphatic carbocycles. The molecule has 0 unspecified atom stereocenters. The standard InChI is InChI=1S/C22H15ClF3N5OS/c1-12(21(32)28-17-7-6-16(24)18(25)19(17)26)33-22-30-29-20(13-8-10-27-11-9-13)31(22)15-4-2-14(23)3-5-15/h2-12H,1H3,(H,28,32)/t12-/m1/s1. The first-order valence-electron chi connectivity index (χ1n) is 9.58. The number of carbonyl (C=O) groups is 1. The molecule has 1 atom stereocenters. The molecule has 4 rings (SSSR count). The fourth-order valence-corrected chi connectivity index (χ4v) is 3.92. The molecule has 2 aromatic heterocycles. The molecule has 6 nitrogen and oxygen atoms in total. The largest absolute Gasteiger partial charge is 0.323 e. The van der Waals surface area contributed by atoms with Crippen LogP contribution < -0.4 is 5.32 Å². The van der Waals surface area contributed by atoms with Crippen molar-refractivity contribution in [2.75, 3.05) is 5.32 Å². The maximum atomic E-state index is 13.9. The molecule has 1 amide bonds. The fourth-order valence-electron chi connectivity index (χ4n) is 2.93. The summed E-state index contributed by atoms with van der Waals surface area (Å²) in [5.74, 6) is -4.57. The Bertz CT molecular complexity index is 1300. The van der Waals surface area contributed by atoms with Gasteiger partial charge in [0.2, 0.25) is 5.91 Å². The molecule has 0 saturated carbocycles. The van der Waals surface area contributed by atoms with Crippen LogP contribution in [0.4, 0.5) is 18.9 Å². The van der Waals surface area contributed by atoms with Crippen LogP contribution in [0.3, 0.4) is 0 Å². The summed E-state index contributed by atoms with van der Waals surface area (Å²) in [4.78, 5) is 16.6. The van der Waals surface area contributed by atoms with E-state index in [-0.39, 0.29) is 0 Å². The summed E-state index contributed by atoms with van der Waals surface area (Å²) in [5, 5.41) is 10.9. The van der Waals surface area contributed by atoms with E-state index in [1.807, 2.05) is 0 Å². The zero-order valence-corrected chi connectivity index (χ0v) is 18.5. The van der Waals surface area contributed by atoms with Gasteiger partial charge in [-0.1, -0.05) is 23.4 Å². The highest BCUT2D eigenvalue weighted by Gasteiger charge is 2.23. The number of benzene rings is 2. The normalized spacial score (nSPS) is 11.9. The van der Waals surface area contributed by atoms with Crippen molar-refractivity contribution in [1.82, 2.24) is 19.7 Å². The van der Waals surface area contributed by atoms with Crippen LogP contribution in [0.5, 0.6) is 0 Å². The minimum Gasteiger partial charge on any atom is -0.323 e. The highest BCUT2D eigenvalue weighted by Crippen LogP contribution is 2.31. The molecule has 0 spiro atoms. The highest BCUT2D eigenvalue weighted by atomic mass is 35.5. The van der Waals surface area contributed by atoms with Gasteiger partial charge in [0.25, 0.3) is 0 Å². The summed E-state index contributed by atoms with van der Waals surface area (Å²) in [6.45, 7) is 1.57. The second kappa shape index (κ2) is 9.63. The van der Waals surface area contributed by atoms with Crippen molar-refractivity contribution >= 4 is 35.0 Å². The molecule has 2 aromatic carbocycles. The smallest absolute Gasteiger partial charge is 0.237 e. The molecule has 0 aliphatic rings. The molecule has 0 aliphatic heterocycles. The van der Waals surface area contributed by atoms with E-state index in [1.165, 1.54) is 0 Å². The van der Waals surface area contributed by atoms with Gasteiger partial charge < -0.3 is 5.32 Å². The van der Waals surface area contributed by atoms with Gasteiger partial charge in [0.05, 0.1) is 10.9 Å². The first-order valence-corrected chi connectivity index (χ1v) is 10.8. The van der Waals surface area contributed by atoms with Gasteiger partial charge >= 0.3 is 0 Å². The average Bonchev–Trinajstić information content (AvgIpc) is 3.24. The van der Waals surface area contributed by atoms with Crippen molar-refractivity contribution in [2.24, 2.45) is 0 Å². The monoisotopic (exact) mass is 489 g/mol. The van der Waals surface area contributed by atoms with E-state index in [0.29, 0.717) is 21.7 Å². The van der Waals surface area contributed by atoms with Crippen LogP contribution in [0.1, 0.15) is 6.92 Å². The van der Waals surface area contributed by atoms with Crippen LogP contribution >= 0.6 is 23.4 Å². The topological polar surface area (TPSA) is 72.7 Å². The number of hydrogen-bond acceptors (Lipinski definition) is 5. The second-order valence-electron chi connectivity index (χ2n) is 6.83. The van der Waals surface area contributed by atoms with Gasteiger partial charge in [-0.3, -0.25) is 14.3 Å². The number of halogens is 4. The molecule has 33 heavy (non-hydrogen) atoms. The lowest BCUT2D eigenvalue weighted by Gasteiger charge is -2.14. The average molecular weight is 490 g/mol. The molecule has 4 aromatic rings. The molecule has 0 fully saturated rings. The second-order valence-corrected chi connectivity index (χ2v) is 8.57.